The molecule has 0 aliphatic rings. The van der Waals surface area contributed by atoms with Crippen molar-refractivity contribution in [2.75, 3.05) is 25.4 Å². The van der Waals surface area contributed by atoms with Crippen molar-refractivity contribution >= 4 is 35.0 Å². The summed E-state index contributed by atoms with van der Waals surface area (Å²) in [5, 5.41) is 2.99. The Hall–Kier alpha value is -1.85. The first-order chi connectivity index (χ1) is 12.4. The van der Waals surface area contributed by atoms with E-state index in [2.05, 4.69) is 5.32 Å². The zero-order chi connectivity index (χ0) is 19.2. The van der Waals surface area contributed by atoms with Crippen molar-refractivity contribution in [2.24, 2.45) is 5.41 Å². The number of ether oxygens (including phenoxy) is 2. The second kappa shape index (κ2) is 9.19. The van der Waals surface area contributed by atoms with Gasteiger partial charge in [-0.2, -0.15) is 0 Å². The third-order valence-electron chi connectivity index (χ3n) is 3.95. The number of carbonyl (C=O) groups excluding carboxylic acids is 1. The van der Waals surface area contributed by atoms with Gasteiger partial charge in [-0.3, -0.25) is 4.79 Å². The van der Waals surface area contributed by atoms with E-state index >= 15 is 0 Å². The van der Waals surface area contributed by atoms with Gasteiger partial charge in [0.05, 0.1) is 25.3 Å². The molecule has 2 aromatic rings. The SMILES string of the molecule is COc1ccc(OC)c(CSc2ccccc2NC(=O)C(C)(C)CCl)c1. The Bertz CT molecular complexity index is 764. The fourth-order valence-electron chi connectivity index (χ4n) is 2.20. The quantitative estimate of drug-likeness (QED) is 0.494. The lowest BCUT2D eigenvalue weighted by molar-refractivity contribution is -0.122. The van der Waals surface area contributed by atoms with Crippen LogP contribution in [0.3, 0.4) is 0 Å². The number of thioether (sulfide) groups is 1. The van der Waals surface area contributed by atoms with Crippen molar-refractivity contribution in [3.63, 3.8) is 0 Å². The normalized spacial score (nSPS) is 11.1. The Kier molecular flexibility index (Phi) is 7.23. The van der Waals surface area contributed by atoms with E-state index in [1.807, 2.05) is 56.3 Å². The molecule has 0 aromatic heterocycles. The molecule has 0 fully saturated rings. The number of para-hydroxylation sites is 1. The number of hydrogen-bond donors (Lipinski definition) is 1. The number of halogens is 1. The molecule has 0 saturated carbocycles. The lowest BCUT2D eigenvalue weighted by Gasteiger charge is -2.21. The van der Waals surface area contributed by atoms with Crippen LogP contribution in [0.4, 0.5) is 5.69 Å². The molecule has 0 saturated heterocycles. The first-order valence-corrected chi connectivity index (χ1v) is 9.73. The first-order valence-electron chi connectivity index (χ1n) is 8.21. The first kappa shape index (κ1) is 20.5. The number of alkyl halides is 1. The van der Waals surface area contributed by atoms with Crippen LogP contribution in [-0.2, 0) is 10.5 Å². The summed E-state index contributed by atoms with van der Waals surface area (Å²) >= 11 is 7.53. The molecule has 1 N–H and O–H groups in total. The van der Waals surface area contributed by atoms with E-state index in [9.17, 15) is 4.79 Å². The zero-order valence-corrected chi connectivity index (χ0v) is 17.0. The molecule has 0 spiro atoms. The Morgan fingerprint density at radius 3 is 2.54 bits per heavy atom. The fourth-order valence-corrected chi connectivity index (χ4v) is 3.31. The summed E-state index contributed by atoms with van der Waals surface area (Å²) in [6.45, 7) is 3.65. The van der Waals surface area contributed by atoms with E-state index < -0.39 is 5.41 Å². The standard InChI is InChI=1S/C20H24ClNO3S/c1-20(2,13-21)19(23)22-16-7-5-6-8-18(16)26-12-14-11-15(24-3)9-10-17(14)25-4/h5-11H,12-13H2,1-4H3,(H,22,23). The number of nitrogens with one attached hydrogen (secondary N) is 1. The lowest BCUT2D eigenvalue weighted by Crippen LogP contribution is -2.32. The fraction of sp³-hybridized carbons (Fsp3) is 0.350. The number of rotatable bonds is 8. The maximum absolute atomic E-state index is 12.4. The zero-order valence-electron chi connectivity index (χ0n) is 15.5. The predicted molar refractivity (Wildman–Crippen MR) is 109 cm³/mol. The summed E-state index contributed by atoms with van der Waals surface area (Å²) in [5.74, 6) is 2.44. The number of benzene rings is 2. The van der Waals surface area contributed by atoms with E-state index in [0.29, 0.717) is 5.75 Å². The summed E-state index contributed by atoms with van der Waals surface area (Å²) < 4.78 is 10.7. The van der Waals surface area contributed by atoms with Gasteiger partial charge in [0.1, 0.15) is 11.5 Å². The molecule has 0 bridgehead atoms. The van der Waals surface area contributed by atoms with Crippen molar-refractivity contribution in [3.8, 4) is 11.5 Å². The number of hydrogen-bond acceptors (Lipinski definition) is 4. The van der Waals surface area contributed by atoms with Crippen molar-refractivity contribution in [2.45, 2.75) is 24.5 Å². The Morgan fingerprint density at radius 1 is 1.15 bits per heavy atom. The summed E-state index contributed by atoms with van der Waals surface area (Å²) in [6, 6.07) is 13.5. The molecule has 1 amide bonds. The van der Waals surface area contributed by atoms with Crippen LogP contribution in [-0.4, -0.2) is 26.0 Å². The van der Waals surface area contributed by atoms with E-state index in [1.54, 1.807) is 26.0 Å². The number of methoxy groups -OCH3 is 2. The van der Waals surface area contributed by atoms with Crippen LogP contribution >= 0.6 is 23.4 Å². The van der Waals surface area contributed by atoms with E-state index in [4.69, 9.17) is 21.1 Å². The van der Waals surface area contributed by atoms with Crippen LogP contribution < -0.4 is 14.8 Å². The molecule has 0 unspecified atom stereocenters. The van der Waals surface area contributed by atoms with Gasteiger partial charge in [0, 0.05) is 22.1 Å². The molecule has 2 aromatic carbocycles. The molecule has 0 heterocycles. The summed E-state index contributed by atoms with van der Waals surface area (Å²) in [6.07, 6.45) is 0. The van der Waals surface area contributed by atoms with Gasteiger partial charge in [-0.05, 0) is 44.2 Å². The smallest absolute Gasteiger partial charge is 0.231 e. The van der Waals surface area contributed by atoms with Gasteiger partial charge < -0.3 is 14.8 Å². The third kappa shape index (κ3) is 5.08. The largest absolute Gasteiger partial charge is 0.497 e. The van der Waals surface area contributed by atoms with Crippen molar-refractivity contribution in [1.82, 2.24) is 0 Å². The van der Waals surface area contributed by atoms with E-state index in [-0.39, 0.29) is 11.8 Å². The summed E-state index contributed by atoms with van der Waals surface area (Å²) in [7, 11) is 3.29. The predicted octanol–water partition coefficient (Wildman–Crippen LogP) is 5.20. The second-order valence-electron chi connectivity index (χ2n) is 6.43. The van der Waals surface area contributed by atoms with Gasteiger partial charge in [-0.25, -0.2) is 0 Å². The highest BCUT2D eigenvalue weighted by Gasteiger charge is 2.27. The van der Waals surface area contributed by atoms with Crippen molar-refractivity contribution < 1.29 is 14.3 Å². The molecule has 2 rings (SSSR count). The van der Waals surface area contributed by atoms with Gasteiger partial charge in [-0.1, -0.05) is 12.1 Å². The average molecular weight is 394 g/mol. The Morgan fingerprint density at radius 2 is 1.88 bits per heavy atom. The minimum atomic E-state index is -0.630. The maximum Gasteiger partial charge on any atom is 0.231 e. The van der Waals surface area contributed by atoms with Crippen molar-refractivity contribution in [1.29, 1.82) is 0 Å². The lowest BCUT2D eigenvalue weighted by atomic mass is 9.95. The molecular weight excluding hydrogens is 370 g/mol. The average Bonchev–Trinajstić information content (AvgIpc) is 2.66. The van der Waals surface area contributed by atoms with Crippen LogP contribution in [0.1, 0.15) is 19.4 Å². The van der Waals surface area contributed by atoms with Gasteiger partial charge in [-0.15, -0.1) is 23.4 Å². The second-order valence-corrected chi connectivity index (χ2v) is 7.72. The number of carbonyl (C=O) groups is 1. The van der Waals surface area contributed by atoms with Gasteiger partial charge in [0.2, 0.25) is 5.91 Å². The highest BCUT2D eigenvalue weighted by atomic mass is 35.5. The topological polar surface area (TPSA) is 47.6 Å². The van der Waals surface area contributed by atoms with Crippen LogP contribution in [0.15, 0.2) is 47.4 Å². The van der Waals surface area contributed by atoms with Crippen LogP contribution in [0, 0.1) is 5.41 Å². The molecule has 6 heteroatoms. The molecule has 0 aliphatic heterocycles. The maximum atomic E-state index is 12.4. The Balaban J connectivity index is 2.18. The number of anilines is 1. The molecule has 0 radical (unpaired) electrons. The molecule has 26 heavy (non-hydrogen) atoms. The van der Waals surface area contributed by atoms with Crippen LogP contribution in [0.25, 0.3) is 0 Å². The summed E-state index contributed by atoms with van der Waals surface area (Å²) in [5.41, 5.74) is 1.18. The highest BCUT2D eigenvalue weighted by Crippen LogP contribution is 2.34. The van der Waals surface area contributed by atoms with E-state index in [1.165, 1.54) is 0 Å². The minimum Gasteiger partial charge on any atom is -0.497 e. The van der Waals surface area contributed by atoms with Gasteiger partial charge in [0.15, 0.2) is 0 Å². The van der Waals surface area contributed by atoms with Crippen molar-refractivity contribution in [3.05, 3.63) is 48.0 Å². The van der Waals surface area contributed by atoms with Gasteiger partial charge in [0.25, 0.3) is 0 Å². The highest BCUT2D eigenvalue weighted by molar-refractivity contribution is 7.98. The molecular formula is C20H24ClNO3S. The molecule has 0 atom stereocenters. The molecule has 4 nitrogen and oxygen atoms in total. The minimum absolute atomic E-state index is 0.0977. The third-order valence-corrected chi connectivity index (χ3v) is 5.75. The summed E-state index contributed by atoms with van der Waals surface area (Å²) in [4.78, 5) is 13.4. The Labute approximate surface area is 164 Å². The van der Waals surface area contributed by atoms with Gasteiger partial charge >= 0.3 is 0 Å². The van der Waals surface area contributed by atoms with Crippen LogP contribution in [0.2, 0.25) is 0 Å². The van der Waals surface area contributed by atoms with E-state index in [0.717, 1.165) is 27.6 Å². The van der Waals surface area contributed by atoms with Crippen LogP contribution in [0.5, 0.6) is 11.5 Å². The molecule has 0 aliphatic carbocycles. The number of amides is 1. The monoisotopic (exact) mass is 393 g/mol. The molecule has 140 valence electrons.